The van der Waals surface area contributed by atoms with Gasteiger partial charge in [0, 0.05) is 25.8 Å². The maximum atomic E-state index is 13.7. The van der Waals surface area contributed by atoms with Gasteiger partial charge in [-0.3, -0.25) is 19.2 Å². The molecule has 2 aromatic rings. The minimum absolute atomic E-state index is 0.0868. The molecule has 0 aliphatic carbocycles. The van der Waals surface area contributed by atoms with Crippen LogP contribution in [0.15, 0.2) is 60.7 Å². The van der Waals surface area contributed by atoms with Gasteiger partial charge in [-0.15, -0.1) is 0 Å². The number of carboxylic acid groups (broad SMARTS) is 2. The summed E-state index contributed by atoms with van der Waals surface area (Å²) in [6.07, 6.45) is 0.703. The molecule has 1 saturated heterocycles. The normalized spacial score (nSPS) is 17.1. The molecule has 11 nitrogen and oxygen atoms in total. The number of nitrogens with zero attached hydrogens (tertiary/aromatic N) is 1. The number of benzene rings is 2. The number of carbonyl (C=O) groups is 5. The monoisotopic (exact) mass is 538 g/mol. The van der Waals surface area contributed by atoms with Crippen LogP contribution >= 0.6 is 0 Å². The van der Waals surface area contributed by atoms with Gasteiger partial charge < -0.3 is 31.5 Å². The third kappa shape index (κ3) is 8.64. The molecule has 1 heterocycles. The van der Waals surface area contributed by atoms with E-state index >= 15 is 0 Å². The second-order valence-corrected chi connectivity index (χ2v) is 9.57. The lowest BCUT2D eigenvalue weighted by atomic mass is 10.0. The van der Waals surface area contributed by atoms with Gasteiger partial charge in [-0.1, -0.05) is 60.7 Å². The van der Waals surface area contributed by atoms with E-state index in [4.69, 9.17) is 10.8 Å². The SMILES string of the molecule is NC(CCC(=O)O)C(=O)NC(Cc1ccccc1)C(=O)N1CCCC1C(=O)NC(Cc1ccccc1)C(=O)O. The van der Waals surface area contributed by atoms with Crippen LogP contribution in [0.5, 0.6) is 0 Å². The van der Waals surface area contributed by atoms with Crippen LogP contribution in [0.4, 0.5) is 0 Å². The summed E-state index contributed by atoms with van der Waals surface area (Å²) in [5.74, 6) is -4.02. The number of likely N-dealkylation sites (tertiary alicyclic amines) is 1. The minimum atomic E-state index is -1.19. The minimum Gasteiger partial charge on any atom is -0.481 e. The molecule has 0 spiro atoms. The van der Waals surface area contributed by atoms with Crippen molar-refractivity contribution < 1.29 is 34.2 Å². The summed E-state index contributed by atoms with van der Waals surface area (Å²) in [4.78, 5) is 63.7. The van der Waals surface area contributed by atoms with E-state index in [0.717, 1.165) is 11.1 Å². The molecule has 0 aromatic heterocycles. The number of hydrogen-bond acceptors (Lipinski definition) is 6. The summed E-state index contributed by atoms with van der Waals surface area (Å²) in [5.41, 5.74) is 7.38. The van der Waals surface area contributed by atoms with E-state index in [1.165, 1.54) is 4.90 Å². The Kier molecular flexibility index (Phi) is 10.6. The van der Waals surface area contributed by atoms with Crippen molar-refractivity contribution in [1.29, 1.82) is 0 Å². The van der Waals surface area contributed by atoms with E-state index in [1.807, 2.05) is 12.1 Å². The molecule has 0 bridgehead atoms. The molecule has 11 heteroatoms. The van der Waals surface area contributed by atoms with Crippen molar-refractivity contribution in [3.63, 3.8) is 0 Å². The molecule has 1 aliphatic rings. The van der Waals surface area contributed by atoms with Crippen LogP contribution in [0.3, 0.4) is 0 Å². The number of carboxylic acids is 2. The fourth-order valence-electron chi connectivity index (χ4n) is 4.56. The molecule has 6 N–H and O–H groups in total. The number of nitrogens with one attached hydrogen (secondary N) is 2. The molecule has 0 saturated carbocycles. The van der Waals surface area contributed by atoms with Crippen LogP contribution in [-0.4, -0.2) is 75.5 Å². The molecule has 1 fully saturated rings. The lowest BCUT2D eigenvalue weighted by molar-refractivity contribution is -0.145. The average Bonchev–Trinajstić information content (AvgIpc) is 3.42. The Hall–Kier alpha value is -4.25. The standard InChI is InChI=1S/C28H34N4O7/c29-20(13-14-24(33)34)25(35)30-21(16-18-8-3-1-4-9-18)27(37)32-15-7-12-23(32)26(36)31-22(28(38)39)17-19-10-5-2-6-11-19/h1-6,8-11,20-23H,7,12-17,29H2,(H,30,35)(H,31,36)(H,33,34)(H,38,39). The molecule has 39 heavy (non-hydrogen) atoms. The maximum Gasteiger partial charge on any atom is 0.326 e. The van der Waals surface area contributed by atoms with Crippen molar-refractivity contribution >= 4 is 29.7 Å². The largest absolute Gasteiger partial charge is 0.481 e. The zero-order chi connectivity index (χ0) is 28.4. The number of aliphatic carboxylic acids is 2. The molecule has 3 amide bonds. The van der Waals surface area contributed by atoms with Gasteiger partial charge in [0.25, 0.3) is 0 Å². The van der Waals surface area contributed by atoms with Gasteiger partial charge in [-0.2, -0.15) is 0 Å². The lowest BCUT2D eigenvalue weighted by Gasteiger charge is -2.30. The van der Waals surface area contributed by atoms with Gasteiger partial charge in [0.1, 0.15) is 18.1 Å². The van der Waals surface area contributed by atoms with Gasteiger partial charge in [0.05, 0.1) is 6.04 Å². The van der Waals surface area contributed by atoms with E-state index in [-0.39, 0.29) is 32.2 Å². The Balaban J connectivity index is 1.74. The van der Waals surface area contributed by atoms with Crippen LogP contribution in [0.25, 0.3) is 0 Å². The number of hydrogen-bond donors (Lipinski definition) is 5. The van der Waals surface area contributed by atoms with Crippen molar-refractivity contribution in [2.45, 2.75) is 62.7 Å². The van der Waals surface area contributed by atoms with Crippen LogP contribution in [0, 0.1) is 0 Å². The highest BCUT2D eigenvalue weighted by molar-refractivity contribution is 5.94. The summed E-state index contributed by atoms with van der Waals surface area (Å²) >= 11 is 0. The number of rotatable bonds is 13. The van der Waals surface area contributed by atoms with Gasteiger partial charge >= 0.3 is 11.9 Å². The Morgan fingerprint density at radius 3 is 1.97 bits per heavy atom. The van der Waals surface area contributed by atoms with Crippen molar-refractivity contribution in [2.24, 2.45) is 5.73 Å². The number of nitrogens with two attached hydrogens (primary N) is 1. The second kappa shape index (κ2) is 14.1. The summed E-state index contributed by atoms with van der Waals surface area (Å²) in [5, 5.41) is 23.8. The molecule has 4 unspecified atom stereocenters. The summed E-state index contributed by atoms with van der Waals surface area (Å²) in [7, 11) is 0. The molecule has 0 radical (unpaired) electrons. The van der Waals surface area contributed by atoms with Gasteiger partial charge in [-0.25, -0.2) is 4.79 Å². The van der Waals surface area contributed by atoms with E-state index < -0.39 is 53.8 Å². The quantitative estimate of drug-likeness (QED) is 0.247. The zero-order valence-electron chi connectivity index (χ0n) is 21.5. The maximum absolute atomic E-state index is 13.7. The lowest BCUT2D eigenvalue weighted by Crippen LogP contribution is -2.57. The summed E-state index contributed by atoms with van der Waals surface area (Å²) in [6.45, 7) is 0.263. The topological polar surface area (TPSA) is 179 Å². The molecule has 4 atom stereocenters. The van der Waals surface area contributed by atoms with Crippen LogP contribution < -0.4 is 16.4 Å². The number of amides is 3. The van der Waals surface area contributed by atoms with Crippen LogP contribution in [0.2, 0.25) is 0 Å². The van der Waals surface area contributed by atoms with E-state index in [0.29, 0.717) is 12.8 Å². The molecular weight excluding hydrogens is 504 g/mol. The molecular formula is C28H34N4O7. The van der Waals surface area contributed by atoms with E-state index in [9.17, 15) is 29.1 Å². The first kappa shape index (κ1) is 29.3. The highest BCUT2D eigenvalue weighted by Crippen LogP contribution is 2.20. The van der Waals surface area contributed by atoms with E-state index in [1.54, 1.807) is 48.5 Å². The Bertz CT molecular complexity index is 1160. The third-order valence-corrected chi connectivity index (χ3v) is 6.64. The second-order valence-electron chi connectivity index (χ2n) is 9.57. The van der Waals surface area contributed by atoms with Gasteiger partial charge in [-0.05, 0) is 30.4 Å². The summed E-state index contributed by atoms with van der Waals surface area (Å²) < 4.78 is 0. The first-order valence-electron chi connectivity index (χ1n) is 12.8. The average molecular weight is 539 g/mol. The van der Waals surface area contributed by atoms with Crippen LogP contribution in [-0.2, 0) is 36.8 Å². The summed E-state index contributed by atoms with van der Waals surface area (Å²) in [6, 6.07) is 13.7. The zero-order valence-corrected chi connectivity index (χ0v) is 21.5. The first-order chi connectivity index (χ1) is 18.7. The fourth-order valence-corrected chi connectivity index (χ4v) is 4.56. The first-order valence-corrected chi connectivity index (χ1v) is 12.8. The highest BCUT2D eigenvalue weighted by atomic mass is 16.4. The Morgan fingerprint density at radius 2 is 1.44 bits per heavy atom. The van der Waals surface area contributed by atoms with Gasteiger partial charge in [0.15, 0.2) is 0 Å². The molecule has 1 aliphatic heterocycles. The van der Waals surface area contributed by atoms with E-state index in [2.05, 4.69) is 10.6 Å². The molecule has 208 valence electrons. The Labute approximate surface area is 226 Å². The Morgan fingerprint density at radius 1 is 0.872 bits per heavy atom. The fraction of sp³-hybridized carbons (Fsp3) is 0.393. The predicted octanol–water partition coefficient (Wildman–Crippen LogP) is 0.709. The van der Waals surface area contributed by atoms with Crippen molar-refractivity contribution in [3.8, 4) is 0 Å². The highest BCUT2D eigenvalue weighted by Gasteiger charge is 2.39. The third-order valence-electron chi connectivity index (χ3n) is 6.64. The number of carbonyl (C=O) groups excluding carboxylic acids is 3. The van der Waals surface area contributed by atoms with Gasteiger partial charge in [0.2, 0.25) is 17.7 Å². The van der Waals surface area contributed by atoms with Crippen LogP contribution in [0.1, 0.15) is 36.8 Å². The van der Waals surface area contributed by atoms with Crippen molar-refractivity contribution in [2.75, 3.05) is 6.54 Å². The molecule has 2 aromatic carbocycles. The molecule has 3 rings (SSSR count). The smallest absolute Gasteiger partial charge is 0.326 e. The van der Waals surface area contributed by atoms with Crippen molar-refractivity contribution in [1.82, 2.24) is 15.5 Å². The van der Waals surface area contributed by atoms with Crippen molar-refractivity contribution in [3.05, 3.63) is 71.8 Å². The predicted molar refractivity (Wildman–Crippen MR) is 141 cm³/mol.